The second-order valence-corrected chi connectivity index (χ2v) is 8.14. The fourth-order valence-electron chi connectivity index (χ4n) is 3.54. The lowest BCUT2D eigenvalue weighted by Crippen LogP contribution is -2.53. The van der Waals surface area contributed by atoms with Crippen LogP contribution in [0.1, 0.15) is 32.8 Å². The Bertz CT molecular complexity index is 731. The van der Waals surface area contributed by atoms with Gasteiger partial charge in [0.25, 0.3) is 0 Å². The summed E-state index contributed by atoms with van der Waals surface area (Å²) in [6.45, 7) is 6.45. The van der Waals surface area contributed by atoms with Crippen LogP contribution in [0.2, 0.25) is 0 Å². The third-order valence-corrected chi connectivity index (χ3v) is 4.79. The van der Waals surface area contributed by atoms with Gasteiger partial charge >= 0.3 is 12.2 Å². The quantitative estimate of drug-likeness (QED) is 0.852. The monoisotopic (exact) mass is 389 g/mol. The molecule has 0 saturated carbocycles. The van der Waals surface area contributed by atoms with Gasteiger partial charge in [0.05, 0.1) is 12.1 Å². The molecule has 0 radical (unpaired) electrons. The van der Waals surface area contributed by atoms with Crippen LogP contribution in [0, 0.1) is 0 Å². The Balaban J connectivity index is 1.41. The molecule has 2 fully saturated rings. The van der Waals surface area contributed by atoms with Gasteiger partial charge < -0.3 is 24.6 Å². The zero-order valence-electron chi connectivity index (χ0n) is 16.5. The highest BCUT2D eigenvalue weighted by Gasteiger charge is 2.48. The average molecular weight is 389 g/mol. The molecule has 3 amide bonds. The van der Waals surface area contributed by atoms with E-state index in [1.54, 1.807) is 9.80 Å². The second-order valence-electron chi connectivity index (χ2n) is 8.14. The summed E-state index contributed by atoms with van der Waals surface area (Å²) in [4.78, 5) is 39.9. The van der Waals surface area contributed by atoms with Crippen LogP contribution >= 0.6 is 0 Å². The summed E-state index contributed by atoms with van der Waals surface area (Å²) >= 11 is 0. The molecule has 2 aliphatic heterocycles. The molecule has 0 aliphatic carbocycles. The van der Waals surface area contributed by atoms with E-state index < -0.39 is 11.7 Å². The van der Waals surface area contributed by atoms with E-state index in [1.165, 1.54) is 0 Å². The lowest BCUT2D eigenvalue weighted by molar-refractivity contribution is -0.132. The van der Waals surface area contributed by atoms with Crippen molar-refractivity contribution >= 4 is 18.1 Å². The van der Waals surface area contributed by atoms with Gasteiger partial charge in [-0.15, -0.1) is 0 Å². The molecule has 0 spiro atoms. The van der Waals surface area contributed by atoms with Gasteiger partial charge in [-0.1, -0.05) is 30.3 Å². The molecule has 2 aliphatic rings. The van der Waals surface area contributed by atoms with Crippen molar-refractivity contribution in [2.45, 2.75) is 51.5 Å². The number of benzene rings is 1. The number of fused-ring (bicyclic) bond motifs is 2. The van der Waals surface area contributed by atoms with Crippen LogP contribution < -0.4 is 5.32 Å². The van der Waals surface area contributed by atoms with E-state index >= 15 is 0 Å². The van der Waals surface area contributed by atoms with E-state index in [0.717, 1.165) is 12.0 Å². The van der Waals surface area contributed by atoms with Gasteiger partial charge in [-0.2, -0.15) is 0 Å². The second kappa shape index (κ2) is 8.08. The number of hydrogen-bond donors (Lipinski definition) is 1. The summed E-state index contributed by atoms with van der Waals surface area (Å²) in [6, 6.07) is 9.26. The molecule has 3 rings (SSSR count). The summed E-state index contributed by atoms with van der Waals surface area (Å²) in [7, 11) is 0. The maximum atomic E-state index is 12.4. The zero-order chi connectivity index (χ0) is 20.3. The van der Waals surface area contributed by atoms with Crippen LogP contribution in [-0.4, -0.2) is 65.2 Å². The number of piperazine rings is 1. The minimum absolute atomic E-state index is 0.0335. The minimum Gasteiger partial charge on any atom is -0.445 e. The first-order chi connectivity index (χ1) is 13.2. The van der Waals surface area contributed by atoms with Crippen LogP contribution in [-0.2, 0) is 20.9 Å². The SMILES string of the molecule is CC(C)(C)OC(=O)N1C[C@@H]2C[C@H]1CN2C(=O)CNC(=O)OCc1ccccc1. The molecule has 2 atom stereocenters. The van der Waals surface area contributed by atoms with E-state index in [-0.39, 0.29) is 37.2 Å². The van der Waals surface area contributed by atoms with Crippen molar-refractivity contribution in [3.05, 3.63) is 35.9 Å². The average Bonchev–Trinajstić information content (AvgIpc) is 3.25. The molecule has 2 bridgehead atoms. The molecule has 8 heteroatoms. The molecule has 1 aromatic rings. The Morgan fingerprint density at radius 3 is 2.32 bits per heavy atom. The topological polar surface area (TPSA) is 88.2 Å². The third kappa shape index (κ3) is 4.94. The predicted molar refractivity (Wildman–Crippen MR) is 101 cm³/mol. The van der Waals surface area contributed by atoms with E-state index in [9.17, 15) is 14.4 Å². The van der Waals surface area contributed by atoms with E-state index in [4.69, 9.17) is 9.47 Å². The molecule has 152 valence electrons. The Morgan fingerprint density at radius 2 is 1.71 bits per heavy atom. The molecule has 0 aromatic heterocycles. The summed E-state index contributed by atoms with van der Waals surface area (Å²) in [6.07, 6.45) is -0.227. The maximum Gasteiger partial charge on any atom is 0.410 e. The number of carbonyl (C=O) groups excluding carboxylic acids is 3. The summed E-state index contributed by atoms with van der Waals surface area (Å²) in [5.41, 5.74) is 0.335. The number of likely N-dealkylation sites (tertiary alicyclic amines) is 2. The van der Waals surface area contributed by atoms with Crippen molar-refractivity contribution in [3.8, 4) is 0 Å². The molecular weight excluding hydrogens is 362 g/mol. The highest BCUT2D eigenvalue weighted by Crippen LogP contribution is 2.31. The lowest BCUT2D eigenvalue weighted by atomic mass is 10.2. The lowest BCUT2D eigenvalue weighted by Gasteiger charge is -2.35. The Kier molecular flexibility index (Phi) is 5.76. The smallest absolute Gasteiger partial charge is 0.410 e. The van der Waals surface area contributed by atoms with Gasteiger partial charge in [0.15, 0.2) is 0 Å². The van der Waals surface area contributed by atoms with Crippen LogP contribution in [0.25, 0.3) is 0 Å². The highest BCUT2D eigenvalue weighted by molar-refractivity contribution is 5.83. The minimum atomic E-state index is -0.628. The predicted octanol–water partition coefficient (Wildman–Crippen LogP) is 2.13. The number of nitrogens with one attached hydrogen (secondary N) is 1. The Morgan fingerprint density at radius 1 is 1.07 bits per heavy atom. The Labute approximate surface area is 164 Å². The number of hydrogen-bond acceptors (Lipinski definition) is 5. The fourth-order valence-corrected chi connectivity index (χ4v) is 3.54. The number of carbonyl (C=O) groups is 3. The molecule has 28 heavy (non-hydrogen) atoms. The summed E-state index contributed by atoms with van der Waals surface area (Å²) in [5.74, 6) is -0.173. The molecule has 2 heterocycles. The van der Waals surface area contributed by atoms with Crippen molar-refractivity contribution in [2.24, 2.45) is 0 Å². The first-order valence-corrected chi connectivity index (χ1v) is 9.46. The van der Waals surface area contributed by atoms with Crippen LogP contribution in [0.3, 0.4) is 0 Å². The van der Waals surface area contributed by atoms with Crippen LogP contribution in [0.5, 0.6) is 0 Å². The molecule has 0 unspecified atom stereocenters. The third-order valence-electron chi connectivity index (χ3n) is 4.79. The van der Waals surface area contributed by atoms with Crippen molar-refractivity contribution in [1.29, 1.82) is 0 Å². The van der Waals surface area contributed by atoms with E-state index in [2.05, 4.69) is 5.32 Å². The highest BCUT2D eigenvalue weighted by atomic mass is 16.6. The van der Waals surface area contributed by atoms with Crippen LogP contribution in [0.15, 0.2) is 30.3 Å². The normalized spacial score (nSPS) is 20.8. The Hall–Kier alpha value is -2.77. The molecular formula is C20H27N3O5. The van der Waals surface area contributed by atoms with Crippen LogP contribution in [0.4, 0.5) is 9.59 Å². The van der Waals surface area contributed by atoms with E-state index in [0.29, 0.717) is 13.1 Å². The van der Waals surface area contributed by atoms with E-state index in [1.807, 2.05) is 51.1 Å². The van der Waals surface area contributed by atoms with Gasteiger partial charge in [-0.05, 0) is 32.8 Å². The van der Waals surface area contributed by atoms with Crippen molar-refractivity contribution in [3.63, 3.8) is 0 Å². The maximum absolute atomic E-state index is 12.4. The molecule has 2 saturated heterocycles. The number of amides is 3. The zero-order valence-corrected chi connectivity index (χ0v) is 16.5. The van der Waals surface area contributed by atoms with Gasteiger partial charge in [0.1, 0.15) is 18.8 Å². The molecule has 1 N–H and O–H groups in total. The van der Waals surface area contributed by atoms with Gasteiger partial charge in [0, 0.05) is 13.1 Å². The first-order valence-electron chi connectivity index (χ1n) is 9.46. The molecule has 1 aromatic carbocycles. The number of alkyl carbamates (subject to hydrolysis) is 1. The summed E-state index contributed by atoms with van der Waals surface area (Å²) < 4.78 is 10.5. The number of rotatable bonds is 4. The van der Waals surface area contributed by atoms with Gasteiger partial charge in [-0.3, -0.25) is 4.79 Å². The fraction of sp³-hybridized carbons (Fsp3) is 0.550. The van der Waals surface area contributed by atoms with Crippen molar-refractivity contribution < 1.29 is 23.9 Å². The standard InChI is InChI=1S/C20H27N3O5/c1-20(2,3)28-19(26)23-12-15-9-16(23)11-22(15)17(24)10-21-18(25)27-13-14-7-5-4-6-8-14/h4-8,15-16H,9-13H2,1-3H3,(H,21,25)/t15-,16-/m0/s1. The van der Waals surface area contributed by atoms with Gasteiger partial charge in [0.2, 0.25) is 5.91 Å². The largest absolute Gasteiger partial charge is 0.445 e. The number of ether oxygens (including phenoxy) is 2. The molecule has 8 nitrogen and oxygen atoms in total. The number of nitrogens with zero attached hydrogens (tertiary/aromatic N) is 2. The van der Waals surface area contributed by atoms with Crippen molar-refractivity contribution in [2.75, 3.05) is 19.6 Å². The first kappa shape index (κ1) is 20.0. The van der Waals surface area contributed by atoms with Crippen molar-refractivity contribution in [1.82, 2.24) is 15.1 Å². The van der Waals surface area contributed by atoms with Gasteiger partial charge in [-0.25, -0.2) is 9.59 Å². The summed E-state index contributed by atoms with van der Waals surface area (Å²) in [5, 5.41) is 2.50.